The van der Waals surface area contributed by atoms with Crippen LogP contribution < -0.4 is 12.4 Å². The second-order valence-electron chi connectivity index (χ2n) is 3.21. The third-order valence-electron chi connectivity index (χ3n) is 0.957. The maximum atomic E-state index is 2.36. The minimum atomic E-state index is -0.543. The molecule has 0 atom stereocenters. The number of hydrogen-bond acceptors (Lipinski definition) is 0. The van der Waals surface area contributed by atoms with Crippen molar-refractivity contribution in [3.63, 3.8) is 0 Å². The van der Waals surface area contributed by atoms with Gasteiger partial charge in [-0.15, -0.1) is 0 Å². The molecule has 0 N–H and O–H groups in total. The number of halogens is 1. The van der Waals surface area contributed by atoms with Gasteiger partial charge in [0.2, 0.25) is 0 Å². The van der Waals surface area contributed by atoms with E-state index >= 15 is 0 Å². The molecule has 0 aromatic rings. The second kappa shape index (κ2) is 17.3. The van der Waals surface area contributed by atoms with Crippen LogP contribution in [0.2, 0.25) is 14.8 Å². The van der Waals surface area contributed by atoms with Crippen LogP contribution in [0.25, 0.3) is 0 Å². The van der Waals surface area contributed by atoms with Crippen LogP contribution in [0, 0.1) is 0 Å². The van der Waals surface area contributed by atoms with Gasteiger partial charge in [-0.25, -0.2) is 0 Å². The van der Waals surface area contributed by atoms with Crippen molar-refractivity contribution >= 4 is 19.8 Å². The first-order valence-corrected chi connectivity index (χ1v) is 13.0. The summed E-state index contributed by atoms with van der Waals surface area (Å²) in [6, 6.07) is 0. The van der Waals surface area contributed by atoms with Crippen LogP contribution in [-0.2, 0) is 0 Å². The van der Waals surface area contributed by atoms with E-state index in [0.717, 1.165) is 0 Å². The fourth-order valence-corrected chi connectivity index (χ4v) is 0.500. The first-order chi connectivity index (χ1) is 4.65. The maximum Gasteiger partial charge on any atom is -1.00 e. The van der Waals surface area contributed by atoms with Crippen molar-refractivity contribution in [1.82, 2.24) is 0 Å². The fraction of sp³-hybridized carbons (Fsp3) is 1.00. The molecule has 11 heavy (non-hydrogen) atoms. The summed E-state index contributed by atoms with van der Waals surface area (Å²) in [7, 11) is 0. The molecule has 2 heteroatoms. The van der Waals surface area contributed by atoms with Crippen molar-refractivity contribution in [1.29, 1.82) is 0 Å². The molecule has 0 rings (SSSR count). The van der Waals surface area contributed by atoms with Gasteiger partial charge < -0.3 is 12.4 Å². The van der Waals surface area contributed by atoms with E-state index in [0.29, 0.717) is 0 Å². The first-order valence-electron chi connectivity index (χ1n) is 4.41. The zero-order valence-electron chi connectivity index (χ0n) is 8.71. The van der Waals surface area contributed by atoms with Crippen LogP contribution in [-0.4, -0.2) is 19.8 Å². The molecule has 0 nitrogen and oxygen atoms in total. The third kappa shape index (κ3) is 54.8. The Labute approximate surface area is 86.3 Å². The molecule has 0 aliphatic carbocycles. The Hall–Kier alpha value is 1.09. The van der Waals surface area contributed by atoms with Crippen molar-refractivity contribution < 1.29 is 12.4 Å². The Bertz CT molecular complexity index is 40.1. The Morgan fingerprint density at radius 3 is 1.09 bits per heavy atom. The van der Waals surface area contributed by atoms with Crippen molar-refractivity contribution in [2.24, 2.45) is 0 Å². The summed E-state index contributed by atoms with van der Waals surface area (Å²) in [5.41, 5.74) is 0. The molecule has 0 aromatic heterocycles. The summed E-state index contributed by atoms with van der Waals surface area (Å²) >= 11 is -0.543. The average molecular weight is 285 g/mol. The monoisotopic (exact) mass is 286 g/mol. The van der Waals surface area contributed by atoms with Gasteiger partial charge in [0.05, 0.1) is 0 Å². The summed E-state index contributed by atoms with van der Waals surface area (Å²) in [4.78, 5) is 7.09. The Kier molecular flexibility index (Phi) is 28.2. The summed E-state index contributed by atoms with van der Waals surface area (Å²) in [6.07, 6.45) is 5.54. The number of rotatable bonds is 3. The predicted octanol–water partition coefficient (Wildman–Crippen LogP) is 0.961. The molecular weight excluding hydrogens is 262 g/mol. The van der Waals surface area contributed by atoms with E-state index in [4.69, 9.17) is 0 Å². The average Bonchev–Trinajstić information content (AvgIpc) is 1.82. The minimum Gasteiger partial charge on any atom is -1.00 e. The molecule has 0 radical (unpaired) electrons. The normalized spacial score (nSPS) is 7.36. The van der Waals surface area contributed by atoms with Crippen molar-refractivity contribution in [2.45, 2.75) is 54.3 Å². The van der Waals surface area contributed by atoms with E-state index in [1.807, 2.05) is 0 Å². The quantitative estimate of drug-likeness (QED) is 0.535. The predicted molar refractivity (Wildman–Crippen MR) is 53.2 cm³/mol. The van der Waals surface area contributed by atoms with Crippen LogP contribution in [0.1, 0.15) is 39.5 Å². The molecule has 0 aromatic carbocycles. The molecule has 0 saturated heterocycles. The molecule has 70 valence electrons. The summed E-state index contributed by atoms with van der Waals surface area (Å²) < 4.78 is 0. The maximum absolute atomic E-state index is 2.36. The van der Waals surface area contributed by atoms with Crippen LogP contribution in [0.4, 0.5) is 0 Å². The molecule has 0 spiro atoms. The van der Waals surface area contributed by atoms with Crippen LogP contribution in [0.3, 0.4) is 0 Å². The molecule has 0 aliphatic rings. The van der Waals surface area contributed by atoms with Crippen molar-refractivity contribution in [2.75, 3.05) is 0 Å². The Balaban J connectivity index is -0.000000114. The van der Waals surface area contributed by atoms with Gasteiger partial charge in [0.1, 0.15) is 0 Å². The van der Waals surface area contributed by atoms with Gasteiger partial charge in [-0.3, -0.25) is 0 Å². The van der Waals surface area contributed by atoms with E-state index in [2.05, 4.69) is 28.7 Å². The van der Waals surface area contributed by atoms with Gasteiger partial charge in [0.25, 0.3) is 0 Å². The van der Waals surface area contributed by atoms with E-state index in [1.165, 1.54) is 25.7 Å². The molecular formula is C9H23ClSn. The fourth-order valence-electron chi connectivity index (χ4n) is 0.500. The summed E-state index contributed by atoms with van der Waals surface area (Å²) in [5.74, 6) is 0. The largest absolute Gasteiger partial charge is 1.00 e. The molecule has 0 bridgehead atoms. The number of unbranched alkanes of at least 4 members (excludes halogenated alkanes) is 3. The van der Waals surface area contributed by atoms with Gasteiger partial charge in [-0.1, -0.05) is 39.5 Å². The zero-order chi connectivity index (χ0) is 8.41. The Morgan fingerprint density at radius 1 is 0.818 bits per heavy atom. The topological polar surface area (TPSA) is 0 Å². The van der Waals surface area contributed by atoms with Crippen LogP contribution >= 0.6 is 0 Å². The van der Waals surface area contributed by atoms with Gasteiger partial charge in [-0.05, 0) is 0 Å². The zero-order valence-corrected chi connectivity index (χ0v) is 12.3. The molecule has 0 fully saturated rings. The molecule has 0 heterocycles. The Morgan fingerprint density at radius 2 is 1.00 bits per heavy atom. The smallest absolute Gasteiger partial charge is 1.00 e. The van der Waals surface area contributed by atoms with E-state index in [9.17, 15) is 0 Å². The van der Waals surface area contributed by atoms with Gasteiger partial charge in [-0.2, -0.15) is 0 Å². The van der Waals surface area contributed by atoms with Gasteiger partial charge in [0.15, 0.2) is 0 Å². The van der Waals surface area contributed by atoms with Gasteiger partial charge in [0, 0.05) is 0 Å². The van der Waals surface area contributed by atoms with E-state index in [-0.39, 0.29) is 12.4 Å². The molecule has 0 saturated carbocycles. The van der Waals surface area contributed by atoms with Crippen LogP contribution in [0.5, 0.6) is 0 Å². The molecule has 0 amide bonds. The van der Waals surface area contributed by atoms with Crippen LogP contribution in [0.15, 0.2) is 0 Å². The first kappa shape index (κ1) is 18.0. The summed E-state index contributed by atoms with van der Waals surface area (Å²) in [6.45, 7) is 4.46. The standard InChI is InChI=1S/C6H14.3CH3.ClH.Sn/c1-3-5-6-4-2;;;;;/h3-6H2,1-2H3;3*1H3;1H;/q;;;;;+1/p-1. The number of hydrogen-bond donors (Lipinski definition) is 0. The summed E-state index contributed by atoms with van der Waals surface area (Å²) in [5, 5.41) is 0. The van der Waals surface area contributed by atoms with Crippen molar-refractivity contribution in [3.8, 4) is 0 Å². The third-order valence-corrected chi connectivity index (χ3v) is 0.957. The van der Waals surface area contributed by atoms with Crippen molar-refractivity contribution in [3.05, 3.63) is 0 Å². The molecule has 0 unspecified atom stereocenters. The van der Waals surface area contributed by atoms with E-state index in [1.54, 1.807) is 0 Å². The second-order valence-corrected chi connectivity index (χ2v) is 11.8. The van der Waals surface area contributed by atoms with E-state index < -0.39 is 19.8 Å². The minimum absolute atomic E-state index is 0. The SMILES string of the molecule is CCCCCC.[CH3][Sn+]([CH3])[CH3].[Cl-]. The van der Waals surface area contributed by atoms with Gasteiger partial charge >= 0.3 is 34.6 Å². The molecule has 0 aliphatic heterocycles.